The summed E-state index contributed by atoms with van der Waals surface area (Å²) in [6.07, 6.45) is 3.14. The summed E-state index contributed by atoms with van der Waals surface area (Å²) < 4.78 is 0. The summed E-state index contributed by atoms with van der Waals surface area (Å²) in [5, 5.41) is 10.1. The number of aromatic amines is 1. The molecule has 1 heterocycles. The molecule has 0 radical (unpaired) electrons. The number of carbonyl (C=O) groups is 1. The molecule has 0 bridgehead atoms. The van der Waals surface area contributed by atoms with Crippen LogP contribution in [0.15, 0.2) is 0 Å². The Morgan fingerprint density at radius 1 is 1.35 bits per heavy atom. The normalized spacial score (nSPS) is 16.2. The number of amides is 1. The van der Waals surface area contributed by atoms with Crippen molar-refractivity contribution >= 4 is 11.6 Å². The minimum atomic E-state index is -0.291. The van der Waals surface area contributed by atoms with Crippen LogP contribution in [0, 0.1) is 5.41 Å². The van der Waals surface area contributed by atoms with Crippen molar-refractivity contribution in [3.8, 4) is 0 Å². The van der Waals surface area contributed by atoms with E-state index in [0.29, 0.717) is 17.3 Å². The van der Waals surface area contributed by atoms with Crippen molar-refractivity contribution in [2.45, 2.75) is 65.3 Å². The summed E-state index contributed by atoms with van der Waals surface area (Å²) in [7, 11) is 0. The highest BCUT2D eigenvalue weighted by Gasteiger charge is 2.32. The first kappa shape index (κ1) is 14.9. The lowest BCUT2D eigenvalue weighted by molar-refractivity contribution is 0.0887. The number of anilines is 1. The number of hydrogen-bond acceptors (Lipinski definition) is 3. The van der Waals surface area contributed by atoms with Crippen LogP contribution >= 0.6 is 0 Å². The third kappa shape index (κ3) is 3.52. The molecule has 0 spiro atoms. The molecule has 2 rings (SSSR count). The Kier molecular flexibility index (Phi) is 3.56. The largest absolute Gasteiger partial charge is 0.395 e. The predicted molar refractivity (Wildman–Crippen MR) is 80.6 cm³/mol. The molecule has 1 aliphatic rings. The van der Waals surface area contributed by atoms with Crippen molar-refractivity contribution in [2.75, 3.05) is 5.73 Å². The number of nitrogens with two attached hydrogens (primary N) is 1. The van der Waals surface area contributed by atoms with Crippen LogP contribution in [0.3, 0.4) is 0 Å². The quantitative estimate of drug-likeness (QED) is 0.791. The van der Waals surface area contributed by atoms with E-state index in [-0.39, 0.29) is 16.9 Å². The second-order valence-corrected chi connectivity index (χ2v) is 7.75. The van der Waals surface area contributed by atoms with Crippen LogP contribution in [-0.4, -0.2) is 21.6 Å². The molecule has 0 aliphatic heterocycles. The van der Waals surface area contributed by atoms with E-state index in [1.54, 1.807) is 0 Å². The van der Waals surface area contributed by atoms with Gasteiger partial charge in [0.2, 0.25) is 0 Å². The highest BCUT2D eigenvalue weighted by Crippen LogP contribution is 2.42. The van der Waals surface area contributed by atoms with Crippen LogP contribution in [-0.2, 0) is 0 Å². The molecular weight excluding hydrogens is 252 g/mol. The molecule has 5 nitrogen and oxygen atoms in total. The van der Waals surface area contributed by atoms with E-state index < -0.39 is 0 Å². The number of nitrogens with zero attached hydrogens (tertiary/aromatic N) is 1. The molecule has 5 heteroatoms. The SMILES string of the molecule is CC(C)(C)CC(C)(C)NC(=O)c1n[nH]c(C2CC2)c1N. The van der Waals surface area contributed by atoms with Gasteiger partial charge in [0.15, 0.2) is 5.69 Å². The fourth-order valence-corrected chi connectivity index (χ4v) is 2.96. The van der Waals surface area contributed by atoms with E-state index >= 15 is 0 Å². The van der Waals surface area contributed by atoms with Gasteiger partial charge in [0, 0.05) is 11.5 Å². The van der Waals surface area contributed by atoms with Gasteiger partial charge in [0.1, 0.15) is 0 Å². The fraction of sp³-hybridized carbons (Fsp3) is 0.733. The third-order valence-corrected chi connectivity index (χ3v) is 3.46. The zero-order valence-electron chi connectivity index (χ0n) is 13.1. The highest BCUT2D eigenvalue weighted by molar-refractivity contribution is 5.98. The van der Waals surface area contributed by atoms with Gasteiger partial charge in [-0.2, -0.15) is 5.10 Å². The Hall–Kier alpha value is -1.52. The van der Waals surface area contributed by atoms with Crippen molar-refractivity contribution in [3.05, 3.63) is 11.4 Å². The lowest BCUT2D eigenvalue weighted by atomic mass is 9.82. The second-order valence-electron chi connectivity index (χ2n) is 7.75. The Morgan fingerprint density at radius 2 is 1.95 bits per heavy atom. The molecule has 4 N–H and O–H groups in total. The topological polar surface area (TPSA) is 83.8 Å². The minimum Gasteiger partial charge on any atom is -0.395 e. The second kappa shape index (κ2) is 4.79. The lowest BCUT2D eigenvalue weighted by Gasteiger charge is -2.33. The number of carbonyl (C=O) groups excluding carboxylic acids is 1. The molecular formula is C15H26N4O. The first-order valence-electron chi connectivity index (χ1n) is 7.25. The van der Waals surface area contributed by atoms with Crippen LogP contribution in [0.25, 0.3) is 0 Å². The van der Waals surface area contributed by atoms with Gasteiger partial charge >= 0.3 is 0 Å². The predicted octanol–water partition coefficient (Wildman–Crippen LogP) is 2.81. The van der Waals surface area contributed by atoms with Crippen molar-refractivity contribution in [2.24, 2.45) is 5.41 Å². The summed E-state index contributed by atoms with van der Waals surface area (Å²) in [5.74, 6) is 0.270. The summed E-state index contributed by atoms with van der Waals surface area (Å²) in [4.78, 5) is 12.3. The summed E-state index contributed by atoms with van der Waals surface area (Å²) >= 11 is 0. The number of hydrogen-bond donors (Lipinski definition) is 3. The Labute approximate surface area is 120 Å². The first-order chi connectivity index (χ1) is 9.09. The van der Waals surface area contributed by atoms with Crippen molar-refractivity contribution in [1.29, 1.82) is 0 Å². The molecule has 20 heavy (non-hydrogen) atoms. The fourth-order valence-electron chi connectivity index (χ4n) is 2.96. The van der Waals surface area contributed by atoms with E-state index in [2.05, 4.69) is 36.3 Å². The number of aromatic nitrogens is 2. The molecule has 0 saturated heterocycles. The monoisotopic (exact) mass is 278 g/mol. The average Bonchev–Trinajstić information content (AvgIpc) is 2.97. The van der Waals surface area contributed by atoms with E-state index in [0.717, 1.165) is 25.0 Å². The Balaban J connectivity index is 2.08. The van der Waals surface area contributed by atoms with Crippen LogP contribution < -0.4 is 11.1 Å². The molecule has 0 atom stereocenters. The van der Waals surface area contributed by atoms with Crippen molar-refractivity contribution in [1.82, 2.24) is 15.5 Å². The summed E-state index contributed by atoms with van der Waals surface area (Å²) in [6.45, 7) is 10.5. The van der Waals surface area contributed by atoms with Crippen LogP contribution in [0.4, 0.5) is 5.69 Å². The molecule has 0 unspecified atom stereocenters. The van der Waals surface area contributed by atoms with Crippen LogP contribution in [0.5, 0.6) is 0 Å². The summed E-state index contributed by atoms with van der Waals surface area (Å²) in [5.41, 5.74) is 7.65. The number of rotatable bonds is 4. The molecule has 1 aromatic rings. The van der Waals surface area contributed by atoms with Gasteiger partial charge in [-0.25, -0.2) is 0 Å². The van der Waals surface area contributed by atoms with Crippen LogP contribution in [0.2, 0.25) is 0 Å². The van der Waals surface area contributed by atoms with Gasteiger partial charge in [-0.3, -0.25) is 9.89 Å². The highest BCUT2D eigenvalue weighted by atomic mass is 16.2. The number of nitrogen functional groups attached to an aromatic ring is 1. The third-order valence-electron chi connectivity index (χ3n) is 3.46. The van der Waals surface area contributed by atoms with Gasteiger partial charge in [0.05, 0.1) is 11.4 Å². The maximum Gasteiger partial charge on any atom is 0.274 e. The lowest BCUT2D eigenvalue weighted by Crippen LogP contribution is -2.46. The number of nitrogens with one attached hydrogen (secondary N) is 2. The maximum atomic E-state index is 12.3. The average molecular weight is 278 g/mol. The standard InChI is InChI=1S/C15H26N4O/c1-14(2,3)8-15(4,5)17-13(20)12-10(16)11(18-19-12)9-6-7-9/h9H,6-8,16H2,1-5H3,(H,17,20)(H,18,19). The summed E-state index contributed by atoms with van der Waals surface area (Å²) in [6, 6.07) is 0. The van der Waals surface area contributed by atoms with Crippen molar-refractivity contribution < 1.29 is 4.79 Å². The van der Waals surface area contributed by atoms with Gasteiger partial charge in [-0.1, -0.05) is 20.8 Å². The number of H-pyrrole nitrogens is 1. The van der Waals surface area contributed by atoms with Gasteiger partial charge in [0.25, 0.3) is 5.91 Å². The first-order valence-corrected chi connectivity index (χ1v) is 7.25. The molecule has 0 aromatic carbocycles. The van der Waals surface area contributed by atoms with E-state index in [1.807, 2.05) is 13.8 Å². The molecule has 1 fully saturated rings. The van der Waals surface area contributed by atoms with Crippen LogP contribution in [0.1, 0.15) is 76.0 Å². The Morgan fingerprint density at radius 3 is 2.45 bits per heavy atom. The molecule has 1 saturated carbocycles. The van der Waals surface area contributed by atoms with E-state index in [1.165, 1.54) is 0 Å². The van der Waals surface area contributed by atoms with E-state index in [9.17, 15) is 4.79 Å². The Bertz CT molecular complexity index is 506. The molecule has 1 amide bonds. The van der Waals surface area contributed by atoms with Gasteiger partial charge in [-0.05, 0) is 38.5 Å². The molecule has 1 aromatic heterocycles. The zero-order valence-corrected chi connectivity index (χ0v) is 13.1. The van der Waals surface area contributed by atoms with Gasteiger partial charge < -0.3 is 11.1 Å². The molecule has 112 valence electrons. The maximum absolute atomic E-state index is 12.3. The van der Waals surface area contributed by atoms with Gasteiger partial charge in [-0.15, -0.1) is 0 Å². The minimum absolute atomic E-state index is 0.146. The molecule has 1 aliphatic carbocycles. The van der Waals surface area contributed by atoms with E-state index in [4.69, 9.17) is 5.73 Å². The smallest absolute Gasteiger partial charge is 0.274 e. The van der Waals surface area contributed by atoms with Crippen molar-refractivity contribution in [3.63, 3.8) is 0 Å². The zero-order chi connectivity index (χ0) is 15.1.